The van der Waals surface area contributed by atoms with Gasteiger partial charge in [0.05, 0.1) is 6.04 Å². The summed E-state index contributed by atoms with van der Waals surface area (Å²) < 4.78 is 0. The van der Waals surface area contributed by atoms with E-state index in [9.17, 15) is 4.79 Å². The van der Waals surface area contributed by atoms with Crippen LogP contribution in [0.2, 0.25) is 0 Å². The number of hydrogen-bond acceptors (Lipinski definition) is 4. The average Bonchev–Trinajstić information content (AvgIpc) is 2.89. The Bertz CT molecular complexity index is 453. The molecule has 0 aromatic carbocycles. The average molecular weight is 262 g/mol. The van der Waals surface area contributed by atoms with E-state index < -0.39 is 0 Å². The molecule has 0 aliphatic carbocycles. The van der Waals surface area contributed by atoms with Crippen LogP contribution >= 0.6 is 0 Å². The number of carbonyl (C=O) groups excluding carboxylic acids is 1. The molecule has 1 atom stereocenters. The van der Waals surface area contributed by atoms with E-state index in [0.717, 1.165) is 30.2 Å². The highest BCUT2D eigenvalue weighted by molar-refractivity contribution is 5.75. The molecule has 2 heterocycles. The fourth-order valence-corrected chi connectivity index (χ4v) is 2.31. The van der Waals surface area contributed by atoms with E-state index in [1.807, 2.05) is 13.0 Å². The van der Waals surface area contributed by atoms with Gasteiger partial charge in [-0.05, 0) is 38.8 Å². The molecule has 1 N–H and O–H groups in total. The fraction of sp³-hybridized carbons (Fsp3) is 0.643. The molecule has 2 rings (SSSR count). The maximum Gasteiger partial charge on any atom is 0.222 e. The minimum atomic E-state index is 0.136. The zero-order valence-electron chi connectivity index (χ0n) is 11.9. The normalized spacial score (nSPS) is 18.6. The molecule has 104 valence electrons. The van der Waals surface area contributed by atoms with Crippen molar-refractivity contribution in [2.24, 2.45) is 0 Å². The molecule has 1 saturated heterocycles. The highest BCUT2D eigenvalue weighted by Gasteiger charge is 2.19. The third kappa shape index (κ3) is 3.73. The van der Waals surface area contributed by atoms with Crippen LogP contribution in [0.3, 0.4) is 0 Å². The van der Waals surface area contributed by atoms with Crippen molar-refractivity contribution in [3.8, 4) is 0 Å². The number of nitrogens with one attached hydrogen (secondary N) is 1. The second-order valence-corrected chi connectivity index (χ2v) is 5.30. The van der Waals surface area contributed by atoms with Gasteiger partial charge in [-0.15, -0.1) is 0 Å². The molecule has 1 aromatic rings. The highest BCUT2D eigenvalue weighted by atomic mass is 16.2. The van der Waals surface area contributed by atoms with Crippen molar-refractivity contribution in [2.75, 3.05) is 20.6 Å². The molecular formula is C14H22N4O. The summed E-state index contributed by atoms with van der Waals surface area (Å²) in [7, 11) is 3.56. The number of nitrogens with zero attached hydrogens (tertiary/aromatic N) is 3. The summed E-state index contributed by atoms with van der Waals surface area (Å²) in [5, 5.41) is 3.41. The largest absolute Gasteiger partial charge is 0.349 e. The Morgan fingerprint density at radius 3 is 2.89 bits per heavy atom. The van der Waals surface area contributed by atoms with Crippen LogP contribution in [0.5, 0.6) is 0 Å². The smallest absolute Gasteiger partial charge is 0.222 e. The van der Waals surface area contributed by atoms with Crippen LogP contribution < -0.4 is 5.32 Å². The molecule has 5 nitrogen and oxygen atoms in total. The molecule has 0 spiro atoms. The molecule has 1 unspecified atom stereocenters. The predicted octanol–water partition coefficient (Wildman–Crippen LogP) is 1.23. The van der Waals surface area contributed by atoms with Crippen molar-refractivity contribution < 1.29 is 4.79 Å². The Morgan fingerprint density at radius 2 is 2.26 bits per heavy atom. The van der Waals surface area contributed by atoms with Gasteiger partial charge >= 0.3 is 0 Å². The lowest BCUT2D eigenvalue weighted by molar-refractivity contribution is -0.128. The number of aryl methyl sites for hydroxylation is 2. The summed E-state index contributed by atoms with van der Waals surface area (Å²) in [5.41, 5.74) is 1.94. The molecule has 0 radical (unpaired) electrons. The monoisotopic (exact) mass is 262 g/mol. The number of aromatic nitrogens is 2. The molecule has 0 saturated carbocycles. The molecule has 1 aliphatic rings. The van der Waals surface area contributed by atoms with E-state index in [1.165, 1.54) is 6.42 Å². The van der Waals surface area contributed by atoms with Crippen LogP contribution in [0.1, 0.15) is 42.5 Å². The van der Waals surface area contributed by atoms with Gasteiger partial charge in [-0.2, -0.15) is 0 Å². The first-order valence-electron chi connectivity index (χ1n) is 6.84. The third-order valence-electron chi connectivity index (χ3n) is 3.39. The van der Waals surface area contributed by atoms with E-state index in [-0.39, 0.29) is 11.9 Å². The van der Waals surface area contributed by atoms with Gasteiger partial charge in [-0.1, -0.05) is 0 Å². The van der Waals surface area contributed by atoms with E-state index in [2.05, 4.69) is 15.3 Å². The topological polar surface area (TPSA) is 58.1 Å². The fourth-order valence-electron chi connectivity index (χ4n) is 2.31. The molecule has 1 aliphatic heterocycles. The molecule has 19 heavy (non-hydrogen) atoms. The quantitative estimate of drug-likeness (QED) is 0.886. The van der Waals surface area contributed by atoms with Gasteiger partial charge < -0.3 is 10.2 Å². The van der Waals surface area contributed by atoms with Crippen molar-refractivity contribution in [2.45, 2.75) is 38.6 Å². The van der Waals surface area contributed by atoms with Crippen LogP contribution in [0.4, 0.5) is 0 Å². The molecule has 1 fully saturated rings. The van der Waals surface area contributed by atoms with Crippen molar-refractivity contribution in [1.82, 2.24) is 20.2 Å². The third-order valence-corrected chi connectivity index (χ3v) is 3.39. The molecule has 0 bridgehead atoms. The van der Waals surface area contributed by atoms with Gasteiger partial charge in [0.1, 0.15) is 5.82 Å². The van der Waals surface area contributed by atoms with Gasteiger partial charge in [0, 0.05) is 31.9 Å². The summed E-state index contributed by atoms with van der Waals surface area (Å²) in [6, 6.07) is 2.25. The van der Waals surface area contributed by atoms with Crippen molar-refractivity contribution in [3.05, 3.63) is 23.3 Å². The zero-order chi connectivity index (χ0) is 13.8. The second kappa shape index (κ2) is 6.10. The summed E-state index contributed by atoms with van der Waals surface area (Å²) >= 11 is 0. The maximum absolute atomic E-state index is 11.6. The van der Waals surface area contributed by atoms with E-state index in [0.29, 0.717) is 12.8 Å². The lowest BCUT2D eigenvalue weighted by Gasteiger charge is -2.12. The van der Waals surface area contributed by atoms with Crippen LogP contribution in [0.15, 0.2) is 6.07 Å². The summed E-state index contributed by atoms with van der Waals surface area (Å²) in [6.45, 7) is 3.02. The molecule has 5 heteroatoms. The number of rotatable bonds is 4. The van der Waals surface area contributed by atoms with E-state index >= 15 is 0 Å². The van der Waals surface area contributed by atoms with Crippen LogP contribution in [-0.2, 0) is 11.2 Å². The number of carbonyl (C=O) groups is 1. The second-order valence-electron chi connectivity index (χ2n) is 5.30. The minimum Gasteiger partial charge on any atom is -0.349 e. The van der Waals surface area contributed by atoms with Gasteiger partial charge in [-0.25, -0.2) is 9.97 Å². The van der Waals surface area contributed by atoms with Gasteiger partial charge in [0.15, 0.2) is 0 Å². The van der Waals surface area contributed by atoms with Gasteiger partial charge in [0.25, 0.3) is 0 Å². The first-order chi connectivity index (χ1) is 9.06. The summed E-state index contributed by atoms with van der Waals surface area (Å²) in [4.78, 5) is 22.3. The molecular weight excluding hydrogens is 240 g/mol. The SMILES string of the molecule is Cc1cc(CCC(=O)N(C)C)nc(C2CCCN2)n1. The van der Waals surface area contributed by atoms with E-state index in [1.54, 1.807) is 19.0 Å². The lowest BCUT2D eigenvalue weighted by atomic mass is 10.1. The first-order valence-corrected chi connectivity index (χ1v) is 6.84. The van der Waals surface area contributed by atoms with Crippen LogP contribution in [0.25, 0.3) is 0 Å². The molecule has 1 amide bonds. The van der Waals surface area contributed by atoms with Crippen LogP contribution in [-0.4, -0.2) is 41.4 Å². The Balaban J connectivity index is 2.06. The minimum absolute atomic E-state index is 0.136. The number of hydrogen-bond donors (Lipinski definition) is 1. The highest BCUT2D eigenvalue weighted by Crippen LogP contribution is 2.20. The first kappa shape index (κ1) is 13.9. The Kier molecular flexibility index (Phi) is 4.47. The van der Waals surface area contributed by atoms with Crippen molar-refractivity contribution in [1.29, 1.82) is 0 Å². The summed E-state index contributed by atoms with van der Waals surface area (Å²) in [5.74, 6) is 1.02. The Hall–Kier alpha value is -1.49. The zero-order valence-corrected chi connectivity index (χ0v) is 11.9. The van der Waals surface area contributed by atoms with Gasteiger partial charge in [-0.3, -0.25) is 4.79 Å². The van der Waals surface area contributed by atoms with Crippen molar-refractivity contribution in [3.63, 3.8) is 0 Å². The summed E-state index contributed by atoms with van der Waals surface area (Å²) in [6.07, 6.45) is 3.46. The lowest BCUT2D eigenvalue weighted by Crippen LogP contribution is -2.22. The Labute approximate surface area is 114 Å². The molecule has 1 aromatic heterocycles. The standard InChI is InChI=1S/C14H22N4O/c1-10-9-11(6-7-13(19)18(2)3)17-14(16-10)12-5-4-8-15-12/h9,12,15H,4-8H2,1-3H3. The Morgan fingerprint density at radius 1 is 1.47 bits per heavy atom. The van der Waals surface area contributed by atoms with E-state index in [4.69, 9.17) is 0 Å². The van der Waals surface area contributed by atoms with Crippen molar-refractivity contribution >= 4 is 5.91 Å². The van der Waals surface area contributed by atoms with Gasteiger partial charge in [0.2, 0.25) is 5.91 Å². The predicted molar refractivity (Wildman–Crippen MR) is 73.8 cm³/mol. The van der Waals surface area contributed by atoms with Crippen LogP contribution in [0, 0.1) is 6.92 Å². The number of amides is 1. The maximum atomic E-state index is 11.6.